The van der Waals surface area contributed by atoms with E-state index in [-0.39, 0.29) is 23.8 Å². The van der Waals surface area contributed by atoms with Crippen LogP contribution in [-0.4, -0.2) is 50.7 Å². The summed E-state index contributed by atoms with van der Waals surface area (Å²) in [5.41, 5.74) is 0.595. The van der Waals surface area contributed by atoms with E-state index in [1.807, 2.05) is 37.3 Å². The van der Waals surface area contributed by atoms with Gasteiger partial charge in [0.2, 0.25) is 5.91 Å². The van der Waals surface area contributed by atoms with Crippen LogP contribution < -0.4 is 16.2 Å². The Balaban J connectivity index is 2.10. The molecule has 0 saturated carbocycles. The number of carbonyl (C=O) groups excluding carboxylic acids is 2. The summed E-state index contributed by atoms with van der Waals surface area (Å²) < 4.78 is 1.26. The topological polar surface area (TPSA) is 130 Å². The zero-order valence-electron chi connectivity index (χ0n) is 18.8. The minimum Gasteiger partial charge on any atom is -0.481 e. The molecule has 0 aliphatic heterocycles. The van der Waals surface area contributed by atoms with E-state index in [9.17, 15) is 24.3 Å². The van der Waals surface area contributed by atoms with Crippen LogP contribution in [-0.2, 0) is 20.1 Å². The van der Waals surface area contributed by atoms with Gasteiger partial charge in [0.05, 0.1) is 18.2 Å². The SMILES string of the molecule is CCCNc1nccn(C(CC)C(=O)N[C@@H](CC(=O)O)C(=O)CSCc2ccccc2)c1=O. The number of benzene rings is 1. The van der Waals surface area contributed by atoms with Crippen molar-refractivity contribution in [2.75, 3.05) is 17.6 Å². The third kappa shape index (κ3) is 8.05. The van der Waals surface area contributed by atoms with Gasteiger partial charge in [0, 0.05) is 24.7 Å². The number of nitrogens with zero attached hydrogens (tertiary/aromatic N) is 2. The number of thioether (sulfide) groups is 1. The van der Waals surface area contributed by atoms with Crippen LogP contribution in [0.2, 0.25) is 0 Å². The number of Topliss-reactive ketones (excluding diaryl/α,β-unsaturated/α-hetero) is 1. The van der Waals surface area contributed by atoms with Crippen molar-refractivity contribution in [3.63, 3.8) is 0 Å². The van der Waals surface area contributed by atoms with E-state index in [0.717, 1.165) is 12.0 Å². The number of carbonyl (C=O) groups is 3. The molecule has 1 amide bonds. The van der Waals surface area contributed by atoms with Crippen molar-refractivity contribution in [2.45, 2.75) is 50.9 Å². The fourth-order valence-electron chi connectivity index (χ4n) is 3.18. The molecule has 0 spiro atoms. The number of nitrogens with one attached hydrogen (secondary N) is 2. The van der Waals surface area contributed by atoms with Crippen molar-refractivity contribution < 1.29 is 19.5 Å². The first-order chi connectivity index (χ1) is 15.9. The average molecular weight is 475 g/mol. The molecule has 0 fully saturated rings. The summed E-state index contributed by atoms with van der Waals surface area (Å²) in [7, 11) is 0. The number of amides is 1. The molecule has 0 aliphatic carbocycles. The molecule has 2 aromatic rings. The number of hydrogen-bond donors (Lipinski definition) is 3. The van der Waals surface area contributed by atoms with Crippen LogP contribution in [0.4, 0.5) is 5.82 Å². The highest BCUT2D eigenvalue weighted by Crippen LogP contribution is 2.15. The number of ketones is 1. The molecule has 0 radical (unpaired) electrons. The van der Waals surface area contributed by atoms with Crippen LogP contribution in [0.3, 0.4) is 0 Å². The van der Waals surface area contributed by atoms with E-state index in [1.54, 1.807) is 6.92 Å². The Hall–Kier alpha value is -3.14. The molecule has 2 rings (SSSR count). The number of carboxylic acid groups (broad SMARTS) is 1. The summed E-state index contributed by atoms with van der Waals surface area (Å²) in [5.74, 6) is -1.36. The Kier molecular flexibility index (Phi) is 10.6. The molecule has 10 heteroatoms. The Morgan fingerprint density at radius 3 is 2.55 bits per heavy atom. The Morgan fingerprint density at radius 2 is 1.91 bits per heavy atom. The predicted molar refractivity (Wildman–Crippen MR) is 128 cm³/mol. The minimum atomic E-state index is -1.19. The minimum absolute atomic E-state index is 0.0597. The van der Waals surface area contributed by atoms with E-state index < -0.39 is 35.9 Å². The van der Waals surface area contributed by atoms with Gasteiger partial charge < -0.3 is 15.7 Å². The number of anilines is 1. The normalized spacial score (nSPS) is 12.5. The van der Waals surface area contributed by atoms with Crippen LogP contribution in [0.25, 0.3) is 0 Å². The van der Waals surface area contributed by atoms with Gasteiger partial charge in [0.15, 0.2) is 11.6 Å². The fourth-order valence-corrected chi connectivity index (χ4v) is 4.11. The van der Waals surface area contributed by atoms with Gasteiger partial charge in [-0.1, -0.05) is 44.2 Å². The molecular weight excluding hydrogens is 444 g/mol. The highest BCUT2D eigenvalue weighted by Gasteiger charge is 2.28. The van der Waals surface area contributed by atoms with Crippen molar-refractivity contribution in [1.82, 2.24) is 14.9 Å². The summed E-state index contributed by atoms with van der Waals surface area (Å²) in [6.45, 7) is 4.25. The lowest BCUT2D eigenvalue weighted by Crippen LogP contribution is -2.47. The van der Waals surface area contributed by atoms with Gasteiger partial charge in [-0.05, 0) is 18.4 Å². The zero-order chi connectivity index (χ0) is 24.2. The van der Waals surface area contributed by atoms with E-state index in [2.05, 4.69) is 15.6 Å². The maximum absolute atomic E-state index is 13.0. The number of carboxylic acids is 1. The molecule has 178 valence electrons. The fraction of sp³-hybridized carbons (Fsp3) is 0.435. The predicted octanol–water partition coefficient (Wildman–Crippen LogP) is 2.48. The molecule has 0 saturated heterocycles. The largest absolute Gasteiger partial charge is 0.481 e. The molecule has 33 heavy (non-hydrogen) atoms. The van der Waals surface area contributed by atoms with Gasteiger partial charge in [-0.25, -0.2) is 4.98 Å². The third-order valence-electron chi connectivity index (χ3n) is 4.88. The Bertz CT molecular complexity index is 996. The lowest BCUT2D eigenvalue weighted by molar-refractivity contribution is -0.140. The third-order valence-corrected chi connectivity index (χ3v) is 5.90. The summed E-state index contributed by atoms with van der Waals surface area (Å²) in [5, 5.41) is 14.7. The van der Waals surface area contributed by atoms with Gasteiger partial charge >= 0.3 is 5.97 Å². The quantitative estimate of drug-likeness (QED) is 0.381. The van der Waals surface area contributed by atoms with E-state index in [0.29, 0.717) is 12.3 Å². The van der Waals surface area contributed by atoms with Crippen molar-refractivity contribution >= 4 is 35.2 Å². The molecule has 1 heterocycles. The van der Waals surface area contributed by atoms with Crippen molar-refractivity contribution in [3.8, 4) is 0 Å². The Labute approximate surface area is 197 Å². The van der Waals surface area contributed by atoms with E-state index >= 15 is 0 Å². The monoisotopic (exact) mass is 474 g/mol. The van der Waals surface area contributed by atoms with E-state index in [4.69, 9.17) is 0 Å². The van der Waals surface area contributed by atoms with Gasteiger partial charge in [-0.15, -0.1) is 11.8 Å². The van der Waals surface area contributed by atoms with Gasteiger partial charge in [0.25, 0.3) is 5.56 Å². The second-order valence-corrected chi connectivity index (χ2v) is 8.43. The molecule has 0 aliphatic rings. The molecule has 0 bridgehead atoms. The summed E-state index contributed by atoms with van der Waals surface area (Å²) in [6, 6.07) is 7.51. The highest BCUT2D eigenvalue weighted by molar-refractivity contribution is 7.99. The summed E-state index contributed by atoms with van der Waals surface area (Å²) in [4.78, 5) is 53.8. The molecule has 3 N–H and O–H groups in total. The first-order valence-corrected chi connectivity index (χ1v) is 12.0. The first-order valence-electron chi connectivity index (χ1n) is 10.8. The number of aliphatic carboxylic acids is 1. The second kappa shape index (κ2) is 13.4. The van der Waals surface area contributed by atoms with Crippen molar-refractivity contribution in [2.24, 2.45) is 0 Å². The van der Waals surface area contributed by atoms with Crippen LogP contribution in [0.1, 0.15) is 44.7 Å². The van der Waals surface area contributed by atoms with E-state index in [1.165, 1.54) is 28.7 Å². The molecule has 1 unspecified atom stereocenters. The number of rotatable bonds is 14. The van der Waals surface area contributed by atoms with Gasteiger partial charge in [-0.3, -0.25) is 23.7 Å². The van der Waals surface area contributed by atoms with Crippen LogP contribution in [0.5, 0.6) is 0 Å². The van der Waals surface area contributed by atoms with Crippen LogP contribution >= 0.6 is 11.8 Å². The molecular formula is C23H30N4O5S. The molecule has 1 aromatic heterocycles. The molecule has 2 atom stereocenters. The first kappa shape index (κ1) is 26.1. The lowest BCUT2D eigenvalue weighted by Gasteiger charge is -2.22. The number of hydrogen-bond acceptors (Lipinski definition) is 7. The molecule has 9 nitrogen and oxygen atoms in total. The maximum atomic E-state index is 13.0. The Morgan fingerprint density at radius 1 is 1.18 bits per heavy atom. The van der Waals surface area contributed by atoms with Crippen molar-refractivity contribution in [1.29, 1.82) is 0 Å². The maximum Gasteiger partial charge on any atom is 0.305 e. The standard InChI is InChI=1S/C23H30N4O5S/c1-3-10-24-21-23(32)27(12-11-25-21)18(4-2)22(31)26-17(13-20(29)30)19(28)15-33-14-16-8-6-5-7-9-16/h5-9,11-12,17-18H,3-4,10,13-15H2,1-2H3,(H,24,25)(H,26,31)(H,29,30)/t17-,18?/m0/s1. The molecule has 1 aromatic carbocycles. The second-order valence-electron chi connectivity index (χ2n) is 7.44. The van der Waals surface area contributed by atoms with Gasteiger partial charge in [-0.2, -0.15) is 0 Å². The summed E-state index contributed by atoms with van der Waals surface area (Å²) >= 11 is 1.35. The zero-order valence-corrected chi connectivity index (χ0v) is 19.6. The average Bonchev–Trinajstić information content (AvgIpc) is 2.79. The van der Waals surface area contributed by atoms with Crippen LogP contribution in [0, 0.1) is 0 Å². The van der Waals surface area contributed by atoms with Crippen LogP contribution in [0.15, 0.2) is 47.5 Å². The number of aromatic nitrogens is 2. The summed E-state index contributed by atoms with van der Waals surface area (Å²) in [6.07, 6.45) is 3.39. The highest BCUT2D eigenvalue weighted by atomic mass is 32.2. The van der Waals surface area contributed by atoms with Crippen molar-refractivity contribution in [3.05, 3.63) is 58.6 Å². The van der Waals surface area contributed by atoms with Gasteiger partial charge in [0.1, 0.15) is 6.04 Å². The smallest absolute Gasteiger partial charge is 0.305 e. The lowest BCUT2D eigenvalue weighted by atomic mass is 10.1.